The Labute approximate surface area is 79.1 Å². The number of alkyl halides is 1. The van der Waals surface area contributed by atoms with E-state index in [0.717, 1.165) is 11.9 Å². The van der Waals surface area contributed by atoms with Gasteiger partial charge in [0.05, 0.1) is 0 Å². The molecule has 0 atom stereocenters. The molecule has 68 valence electrons. The highest BCUT2D eigenvalue weighted by molar-refractivity contribution is 9.09. The Balaban J connectivity index is 2.69. The average molecular weight is 222 g/mol. The van der Waals surface area contributed by atoms with Gasteiger partial charge in [-0.05, 0) is 25.9 Å². The minimum absolute atomic E-state index is 1.12. The van der Waals surface area contributed by atoms with E-state index in [1.807, 2.05) is 0 Å². The van der Waals surface area contributed by atoms with E-state index in [0.29, 0.717) is 0 Å². The van der Waals surface area contributed by atoms with Gasteiger partial charge in [-0.15, -0.1) is 0 Å². The predicted molar refractivity (Wildman–Crippen MR) is 55.4 cm³/mol. The Bertz CT molecular complexity index is 58.6. The second-order valence-electron chi connectivity index (χ2n) is 2.85. The van der Waals surface area contributed by atoms with Crippen LogP contribution in [0.5, 0.6) is 0 Å². The minimum Gasteiger partial charge on any atom is -0.317 e. The van der Waals surface area contributed by atoms with Crippen molar-refractivity contribution < 1.29 is 0 Å². The fourth-order valence-corrected chi connectivity index (χ4v) is 1.27. The van der Waals surface area contributed by atoms with Gasteiger partial charge in [-0.1, -0.05) is 42.1 Å². The maximum atomic E-state index is 3.42. The first-order chi connectivity index (χ1) is 5.41. The van der Waals surface area contributed by atoms with Gasteiger partial charge in [-0.3, -0.25) is 0 Å². The molecule has 0 bridgehead atoms. The van der Waals surface area contributed by atoms with Gasteiger partial charge in [-0.25, -0.2) is 0 Å². The second-order valence-corrected chi connectivity index (χ2v) is 3.65. The number of rotatable bonds is 8. The van der Waals surface area contributed by atoms with Crippen molar-refractivity contribution in [1.29, 1.82) is 0 Å². The molecule has 0 spiro atoms. The third-order valence-electron chi connectivity index (χ3n) is 1.69. The maximum absolute atomic E-state index is 3.42. The fourth-order valence-electron chi connectivity index (χ4n) is 0.994. The molecule has 0 saturated carbocycles. The van der Waals surface area contributed by atoms with Gasteiger partial charge >= 0.3 is 0 Å². The van der Waals surface area contributed by atoms with Gasteiger partial charge in [0.15, 0.2) is 0 Å². The van der Waals surface area contributed by atoms with Crippen LogP contribution in [0.3, 0.4) is 0 Å². The van der Waals surface area contributed by atoms with Crippen molar-refractivity contribution in [2.24, 2.45) is 0 Å². The van der Waals surface area contributed by atoms with Crippen molar-refractivity contribution in [3.63, 3.8) is 0 Å². The molecular weight excluding hydrogens is 202 g/mol. The standard InChI is InChI=1S/C9H20BrN/c1-2-3-4-5-8-11-9-6-7-10/h11H,2-9H2,1H3. The average Bonchev–Trinajstić information content (AvgIpc) is 2.03. The lowest BCUT2D eigenvalue weighted by Crippen LogP contribution is -2.16. The molecule has 0 heterocycles. The van der Waals surface area contributed by atoms with Crippen LogP contribution in [0.15, 0.2) is 0 Å². The van der Waals surface area contributed by atoms with Crippen LogP contribution in [0.4, 0.5) is 0 Å². The number of hydrogen-bond donors (Lipinski definition) is 1. The third-order valence-corrected chi connectivity index (χ3v) is 2.26. The van der Waals surface area contributed by atoms with E-state index in [9.17, 15) is 0 Å². The molecule has 0 saturated heterocycles. The smallest absolute Gasteiger partial charge is 0.00433 e. The molecule has 0 amide bonds. The molecule has 2 heteroatoms. The zero-order valence-corrected chi connectivity index (χ0v) is 9.12. The van der Waals surface area contributed by atoms with Gasteiger partial charge in [-0.2, -0.15) is 0 Å². The van der Waals surface area contributed by atoms with Crippen molar-refractivity contribution in [2.45, 2.75) is 39.0 Å². The largest absolute Gasteiger partial charge is 0.317 e. The van der Waals surface area contributed by atoms with E-state index < -0.39 is 0 Å². The van der Waals surface area contributed by atoms with Crippen LogP contribution in [0.25, 0.3) is 0 Å². The first kappa shape index (κ1) is 11.4. The summed E-state index contributed by atoms with van der Waals surface area (Å²) in [5.74, 6) is 0. The molecule has 0 aromatic heterocycles. The number of unbranched alkanes of at least 4 members (excludes halogenated alkanes) is 3. The van der Waals surface area contributed by atoms with Crippen LogP contribution in [0, 0.1) is 0 Å². The lowest BCUT2D eigenvalue weighted by molar-refractivity contribution is 0.596. The summed E-state index contributed by atoms with van der Waals surface area (Å²) in [6.07, 6.45) is 6.70. The zero-order chi connectivity index (χ0) is 8.36. The van der Waals surface area contributed by atoms with E-state index in [2.05, 4.69) is 28.2 Å². The Hall–Kier alpha value is 0.440. The molecule has 0 aromatic carbocycles. The van der Waals surface area contributed by atoms with E-state index in [4.69, 9.17) is 0 Å². The van der Waals surface area contributed by atoms with Gasteiger partial charge in [0.25, 0.3) is 0 Å². The molecule has 0 rings (SSSR count). The summed E-state index contributed by atoms with van der Waals surface area (Å²) in [5, 5.41) is 4.54. The van der Waals surface area contributed by atoms with Crippen LogP contribution < -0.4 is 5.32 Å². The Morgan fingerprint density at radius 2 is 1.73 bits per heavy atom. The Kier molecular flexibility index (Phi) is 10.9. The molecule has 0 aliphatic carbocycles. The van der Waals surface area contributed by atoms with Crippen molar-refractivity contribution >= 4 is 15.9 Å². The predicted octanol–water partition coefficient (Wildman–Crippen LogP) is 2.94. The topological polar surface area (TPSA) is 12.0 Å². The summed E-state index contributed by atoms with van der Waals surface area (Å²) in [7, 11) is 0. The summed E-state index contributed by atoms with van der Waals surface area (Å²) in [4.78, 5) is 0. The van der Waals surface area contributed by atoms with Gasteiger partial charge in [0, 0.05) is 5.33 Å². The SMILES string of the molecule is CCCCCCNCCCBr. The first-order valence-electron chi connectivity index (χ1n) is 4.68. The lowest BCUT2D eigenvalue weighted by Gasteiger charge is -2.01. The van der Waals surface area contributed by atoms with E-state index >= 15 is 0 Å². The number of nitrogens with one attached hydrogen (secondary N) is 1. The van der Waals surface area contributed by atoms with E-state index in [1.165, 1.54) is 38.6 Å². The van der Waals surface area contributed by atoms with Crippen LogP contribution in [0.2, 0.25) is 0 Å². The van der Waals surface area contributed by atoms with E-state index in [-0.39, 0.29) is 0 Å². The summed E-state index contributed by atoms with van der Waals surface area (Å²) < 4.78 is 0. The molecule has 0 unspecified atom stereocenters. The summed E-state index contributed by atoms with van der Waals surface area (Å²) in [6.45, 7) is 4.61. The molecule has 11 heavy (non-hydrogen) atoms. The van der Waals surface area contributed by atoms with Gasteiger partial charge < -0.3 is 5.32 Å². The van der Waals surface area contributed by atoms with Crippen LogP contribution in [-0.2, 0) is 0 Å². The molecule has 0 aromatic rings. The normalized spacial score (nSPS) is 10.4. The maximum Gasteiger partial charge on any atom is 0.00433 e. The zero-order valence-electron chi connectivity index (χ0n) is 7.53. The third kappa shape index (κ3) is 10.4. The summed E-state index contributed by atoms with van der Waals surface area (Å²) in [5.41, 5.74) is 0. The highest BCUT2D eigenvalue weighted by Crippen LogP contribution is 1.96. The van der Waals surface area contributed by atoms with Gasteiger partial charge in [0.2, 0.25) is 0 Å². The minimum atomic E-state index is 1.12. The van der Waals surface area contributed by atoms with Gasteiger partial charge in [0.1, 0.15) is 0 Å². The lowest BCUT2D eigenvalue weighted by atomic mass is 10.2. The Morgan fingerprint density at radius 1 is 1.00 bits per heavy atom. The van der Waals surface area contributed by atoms with Crippen molar-refractivity contribution in [2.75, 3.05) is 18.4 Å². The summed E-state index contributed by atoms with van der Waals surface area (Å²) in [6, 6.07) is 0. The molecule has 1 nitrogen and oxygen atoms in total. The van der Waals surface area contributed by atoms with Crippen LogP contribution in [0.1, 0.15) is 39.0 Å². The molecule has 1 N–H and O–H groups in total. The Morgan fingerprint density at radius 3 is 2.36 bits per heavy atom. The highest BCUT2D eigenvalue weighted by atomic mass is 79.9. The van der Waals surface area contributed by atoms with Crippen molar-refractivity contribution in [3.8, 4) is 0 Å². The van der Waals surface area contributed by atoms with Crippen molar-refractivity contribution in [1.82, 2.24) is 5.32 Å². The van der Waals surface area contributed by atoms with Crippen LogP contribution >= 0.6 is 15.9 Å². The summed E-state index contributed by atoms with van der Waals surface area (Å²) >= 11 is 3.40. The molecular formula is C9H20BrN. The highest BCUT2D eigenvalue weighted by Gasteiger charge is 1.87. The fraction of sp³-hybridized carbons (Fsp3) is 1.00. The van der Waals surface area contributed by atoms with E-state index in [1.54, 1.807) is 0 Å². The monoisotopic (exact) mass is 221 g/mol. The quantitative estimate of drug-likeness (QED) is 0.491. The van der Waals surface area contributed by atoms with Crippen molar-refractivity contribution in [3.05, 3.63) is 0 Å². The molecule has 0 radical (unpaired) electrons. The number of halogens is 1. The molecule has 0 aliphatic rings. The molecule has 0 fully saturated rings. The molecule has 0 aliphatic heterocycles. The van der Waals surface area contributed by atoms with Crippen LogP contribution in [-0.4, -0.2) is 18.4 Å². The first-order valence-corrected chi connectivity index (χ1v) is 5.80. The second kappa shape index (κ2) is 10.4. The number of hydrogen-bond acceptors (Lipinski definition) is 1.